The van der Waals surface area contributed by atoms with Crippen molar-refractivity contribution in [3.8, 4) is 5.75 Å². The number of piperazine rings is 1. The van der Waals surface area contributed by atoms with Crippen molar-refractivity contribution in [1.29, 1.82) is 0 Å². The Kier molecular flexibility index (Phi) is 5.46. The number of nitrogens with zero attached hydrogens (tertiary/aromatic N) is 4. The van der Waals surface area contributed by atoms with Crippen molar-refractivity contribution >= 4 is 35.0 Å². The minimum Gasteiger partial charge on any atom is -0.495 e. The third-order valence-corrected chi connectivity index (χ3v) is 4.51. The van der Waals surface area contributed by atoms with Gasteiger partial charge in [-0.05, 0) is 25.1 Å². The van der Waals surface area contributed by atoms with E-state index >= 15 is 0 Å². The van der Waals surface area contributed by atoms with Gasteiger partial charge in [0.2, 0.25) is 11.9 Å². The molecule has 7 nitrogen and oxygen atoms in total. The average Bonchev–Trinajstić information content (AvgIpc) is 2.61. The van der Waals surface area contributed by atoms with Crippen LogP contribution in [0, 0.1) is 6.92 Å². The third-order valence-electron chi connectivity index (χ3n) is 4.27. The first-order chi connectivity index (χ1) is 12.5. The van der Waals surface area contributed by atoms with E-state index in [1.54, 1.807) is 32.2 Å². The number of halogens is 1. The lowest BCUT2D eigenvalue weighted by Gasteiger charge is -2.34. The van der Waals surface area contributed by atoms with Gasteiger partial charge in [-0.1, -0.05) is 11.6 Å². The number of carbonyl (C=O) groups is 1. The highest BCUT2D eigenvalue weighted by Crippen LogP contribution is 2.30. The Balaban J connectivity index is 1.81. The molecular weight excluding hydrogens is 354 g/mol. The number of amides is 1. The van der Waals surface area contributed by atoms with E-state index in [0.717, 1.165) is 11.4 Å². The lowest BCUT2D eigenvalue weighted by Crippen LogP contribution is -2.48. The van der Waals surface area contributed by atoms with E-state index in [4.69, 9.17) is 16.3 Å². The standard InChI is InChI=1S/C18H22ClN5O2/c1-12-10-17(21-15-11-14(19)4-5-16(15)26-3)22-18(20-12)24-8-6-23(7-9-24)13(2)25/h4-5,10-11H,6-9H2,1-3H3,(H,20,21,22). The van der Waals surface area contributed by atoms with Crippen molar-refractivity contribution in [1.82, 2.24) is 14.9 Å². The zero-order valence-corrected chi connectivity index (χ0v) is 15.9. The van der Waals surface area contributed by atoms with Gasteiger partial charge in [0.25, 0.3) is 0 Å². The number of rotatable bonds is 4. The van der Waals surface area contributed by atoms with E-state index in [9.17, 15) is 4.79 Å². The molecule has 1 amide bonds. The molecule has 1 saturated heterocycles. The molecule has 1 aromatic heterocycles. The molecule has 0 saturated carbocycles. The molecule has 138 valence electrons. The number of aromatic nitrogens is 2. The van der Waals surface area contributed by atoms with E-state index in [0.29, 0.717) is 48.7 Å². The number of hydrogen-bond acceptors (Lipinski definition) is 6. The molecular formula is C18H22ClN5O2. The number of nitrogens with one attached hydrogen (secondary N) is 1. The number of hydrogen-bond donors (Lipinski definition) is 1. The molecule has 1 fully saturated rings. The van der Waals surface area contributed by atoms with Crippen molar-refractivity contribution in [3.63, 3.8) is 0 Å². The van der Waals surface area contributed by atoms with Crippen LogP contribution in [0.1, 0.15) is 12.6 Å². The number of benzene rings is 1. The Hall–Kier alpha value is -2.54. The number of carbonyl (C=O) groups excluding carboxylic acids is 1. The Morgan fingerprint density at radius 1 is 1.19 bits per heavy atom. The van der Waals surface area contributed by atoms with E-state index in [2.05, 4.69) is 20.2 Å². The lowest BCUT2D eigenvalue weighted by molar-refractivity contribution is -0.129. The molecule has 0 bridgehead atoms. The molecule has 8 heteroatoms. The number of aryl methyl sites for hydroxylation is 1. The average molecular weight is 376 g/mol. The Labute approximate surface area is 157 Å². The summed E-state index contributed by atoms with van der Waals surface area (Å²) in [5.74, 6) is 2.10. The van der Waals surface area contributed by atoms with Crippen LogP contribution in [0.5, 0.6) is 5.75 Å². The molecule has 3 rings (SSSR count). The number of methoxy groups -OCH3 is 1. The Morgan fingerprint density at radius 2 is 1.92 bits per heavy atom. The maximum atomic E-state index is 11.5. The van der Waals surface area contributed by atoms with E-state index in [1.807, 2.05) is 17.9 Å². The van der Waals surface area contributed by atoms with Gasteiger partial charge >= 0.3 is 0 Å². The SMILES string of the molecule is COc1ccc(Cl)cc1Nc1cc(C)nc(N2CCN(C(C)=O)CC2)n1. The third kappa shape index (κ3) is 4.16. The number of anilines is 3. The molecule has 2 heterocycles. The summed E-state index contributed by atoms with van der Waals surface area (Å²) in [7, 11) is 1.61. The van der Waals surface area contributed by atoms with Gasteiger partial charge in [-0.2, -0.15) is 4.98 Å². The molecule has 1 N–H and O–H groups in total. The topological polar surface area (TPSA) is 70.6 Å². The van der Waals surface area contributed by atoms with Crippen LogP contribution in [0.15, 0.2) is 24.3 Å². The predicted molar refractivity (Wildman–Crippen MR) is 103 cm³/mol. The summed E-state index contributed by atoms with van der Waals surface area (Å²) in [6, 6.07) is 7.25. The maximum absolute atomic E-state index is 11.5. The van der Waals surface area contributed by atoms with Gasteiger partial charge in [0.05, 0.1) is 12.8 Å². The quantitative estimate of drug-likeness (QED) is 0.886. The molecule has 1 aliphatic heterocycles. The van der Waals surface area contributed by atoms with E-state index in [1.165, 1.54) is 0 Å². The van der Waals surface area contributed by atoms with Crippen LogP contribution in [-0.2, 0) is 4.79 Å². The van der Waals surface area contributed by atoms with Crippen LogP contribution in [0.2, 0.25) is 5.02 Å². The highest BCUT2D eigenvalue weighted by molar-refractivity contribution is 6.31. The summed E-state index contributed by atoms with van der Waals surface area (Å²) in [4.78, 5) is 24.6. The van der Waals surface area contributed by atoms with Gasteiger partial charge in [-0.25, -0.2) is 4.98 Å². The van der Waals surface area contributed by atoms with E-state index < -0.39 is 0 Å². The Bertz CT molecular complexity index is 806. The van der Waals surface area contributed by atoms with Crippen LogP contribution < -0.4 is 15.0 Å². The monoisotopic (exact) mass is 375 g/mol. The Morgan fingerprint density at radius 3 is 2.58 bits per heavy atom. The van der Waals surface area contributed by atoms with Gasteiger partial charge in [-0.15, -0.1) is 0 Å². The van der Waals surface area contributed by atoms with Crippen LogP contribution in [0.3, 0.4) is 0 Å². The molecule has 2 aromatic rings. The summed E-state index contributed by atoms with van der Waals surface area (Å²) in [5.41, 5.74) is 1.60. The lowest BCUT2D eigenvalue weighted by atomic mass is 10.3. The van der Waals surface area contributed by atoms with Crippen molar-refractivity contribution in [2.45, 2.75) is 13.8 Å². The van der Waals surface area contributed by atoms with Gasteiger partial charge in [0.15, 0.2) is 0 Å². The first-order valence-electron chi connectivity index (χ1n) is 8.43. The van der Waals surface area contributed by atoms with Crippen LogP contribution in [0.4, 0.5) is 17.5 Å². The molecule has 26 heavy (non-hydrogen) atoms. The molecule has 0 aliphatic carbocycles. The largest absolute Gasteiger partial charge is 0.495 e. The molecule has 0 radical (unpaired) electrons. The van der Waals surface area contributed by atoms with Crippen molar-refractivity contribution in [2.75, 3.05) is 43.5 Å². The molecule has 1 aromatic carbocycles. The zero-order chi connectivity index (χ0) is 18.7. The first-order valence-corrected chi connectivity index (χ1v) is 8.81. The van der Waals surface area contributed by atoms with Gasteiger partial charge < -0.3 is 19.9 Å². The maximum Gasteiger partial charge on any atom is 0.227 e. The second kappa shape index (κ2) is 7.78. The summed E-state index contributed by atoms with van der Waals surface area (Å²) in [5, 5.41) is 3.87. The normalized spacial score (nSPS) is 14.3. The fourth-order valence-electron chi connectivity index (χ4n) is 2.90. The second-order valence-corrected chi connectivity index (χ2v) is 6.59. The van der Waals surface area contributed by atoms with Gasteiger partial charge in [0.1, 0.15) is 11.6 Å². The smallest absolute Gasteiger partial charge is 0.227 e. The van der Waals surface area contributed by atoms with Crippen LogP contribution >= 0.6 is 11.6 Å². The summed E-state index contributed by atoms with van der Waals surface area (Å²) < 4.78 is 5.37. The zero-order valence-electron chi connectivity index (χ0n) is 15.1. The highest BCUT2D eigenvalue weighted by Gasteiger charge is 2.21. The van der Waals surface area contributed by atoms with E-state index in [-0.39, 0.29) is 5.91 Å². The van der Waals surface area contributed by atoms with Gasteiger partial charge in [-0.3, -0.25) is 4.79 Å². The minimum absolute atomic E-state index is 0.102. The molecule has 0 atom stereocenters. The predicted octanol–water partition coefficient (Wildman–Crippen LogP) is 2.86. The fraction of sp³-hybridized carbons (Fsp3) is 0.389. The summed E-state index contributed by atoms with van der Waals surface area (Å²) in [6.45, 7) is 6.30. The molecule has 0 unspecified atom stereocenters. The van der Waals surface area contributed by atoms with Crippen molar-refractivity contribution in [2.24, 2.45) is 0 Å². The van der Waals surface area contributed by atoms with Crippen LogP contribution in [-0.4, -0.2) is 54.1 Å². The van der Waals surface area contributed by atoms with Crippen molar-refractivity contribution in [3.05, 3.63) is 35.0 Å². The fourth-order valence-corrected chi connectivity index (χ4v) is 3.07. The van der Waals surface area contributed by atoms with Crippen molar-refractivity contribution < 1.29 is 9.53 Å². The summed E-state index contributed by atoms with van der Waals surface area (Å²) in [6.07, 6.45) is 0. The first kappa shape index (κ1) is 18.3. The molecule has 1 aliphatic rings. The summed E-state index contributed by atoms with van der Waals surface area (Å²) >= 11 is 6.09. The van der Waals surface area contributed by atoms with Crippen LogP contribution in [0.25, 0.3) is 0 Å². The molecule has 0 spiro atoms. The number of ether oxygens (including phenoxy) is 1. The second-order valence-electron chi connectivity index (χ2n) is 6.16. The highest BCUT2D eigenvalue weighted by atomic mass is 35.5. The minimum atomic E-state index is 0.102. The van der Waals surface area contributed by atoms with Gasteiger partial charge in [0, 0.05) is 49.9 Å².